The van der Waals surface area contributed by atoms with Crippen molar-refractivity contribution in [1.82, 2.24) is 19.6 Å². The Morgan fingerprint density at radius 1 is 1.43 bits per heavy atom. The summed E-state index contributed by atoms with van der Waals surface area (Å²) in [6.07, 6.45) is 4.04. The third-order valence-corrected chi connectivity index (χ3v) is 4.57. The second-order valence-corrected chi connectivity index (χ2v) is 5.98. The van der Waals surface area contributed by atoms with Crippen molar-refractivity contribution in [3.63, 3.8) is 0 Å². The van der Waals surface area contributed by atoms with E-state index in [1.54, 1.807) is 0 Å². The molecule has 0 N–H and O–H groups in total. The maximum atomic E-state index is 12.5. The fourth-order valence-corrected chi connectivity index (χ4v) is 3.21. The number of hydrogen-bond donors (Lipinski definition) is 0. The van der Waals surface area contributed by atoms with E-state index >= 15 is 0 Å². The minimum atomic E-state index is 0.159. The maximum Gasteiger partial charge on any atom is 0.226 e. The van der Waals surface area contributed by atoms with Crippen LogP contribution in [0.3, 0.4) is 0 Å². The number of rotatable bonds is 5. The molecule has 1 saturated heterocycles. The van der Waals surface area contributed by atoms with Crippen LogP contribution in [0.1, 0.15) is 37.9 Å². The molecule has 1 atom stereocenters. The Kier molecular flexibility index (Phi) is 5.39. The summed E-state index contributed by atoms with van der Waals surface area (Å²) < 4.78 is 1.95. The van der Waals surface area contributed by atoms with Gasteiger partial charge in [-0.25, -0.2) is 0 Å². The first-order chi connectivity index (χ1) is 10.1. The van der Waals surface area contributed by atoms with Crippen molar-refractivity contribution in [2.24, 2.45) is 13.0 Å². The summed E-state index contributed by atoms with van der Waals surface area (Å²) in [5, 5.41) is 4.31. The molecule has 1 aliphatic heterocycles. The molecular formula is C16H28N4O. The van der Waals surface area contributed by atoms with Crippen LogP contribution in [0.2, 0.25) is 0 Å². The Balaban J connectivity index is 1.99. The number of carbonyl (C=O) groups is 1. The van der Waals surface area contributed by atoms with Crippen LogP contribution in [0.5, 0.6) is 0 Å². The monoisotopic (exact) mass is 292 g/mol. The highest BCUT2D eigenvalue weighted by molar-refractivity contribution is 5.79. The highest BCUT2D eigenvalue weighted by Gasteiger charge is 2.28. The lowest BCUT2D eigenvalue weighted by Gasteiger charge is -2.34. The summed E-state index contributed by atoms with van der Waals surface area (Å²) in [5.41, 5.74) is 2.49. The Bertz CT molecular complexity index is 459. The molecule has 1 aromatic heterocycles. The average molecular weight is 292 g/mol. The number of amides is 1. The molecule has 0 aromatic carbocycles. The van der Waals surface area contributed by atoms with Crippen LogP contribution in [-0.2, 0) is 18.4 Å². The van der Waals surface area contributed by atoms with Gasteiger partial charge in [-0.3, -0.25) is 14.4 Å². The van der Waals surface area contributed by atoms with E-state index in [1.807, 2.05) is 22.8 Å². The third-order valence-electron chi connectivity index (χ3n) is 4.57. The van der Waals surface area contributed by atoms with Crippen molar-refractivity contribution in [2.45, 2.75) is 40.2 Å². The Morgan fingerprint density at radius 3 is 2.71 bits per heavy atom. The molecule has 0 spiro atoms. The smallest absolute Gasteiger partial charge is 0.226 e. The number of likely N-dealkylation sites (tertiary alicyclic amines) is 1. The number of aromatic nitrogens is 2. The van der Waals surface area contributed by atoms with Crippen molar-refractivity contribution in [3.8, 4) is 0 Å². The van der Waals surface area contributed by atoms with Gasteiger partial charge in [0.25, 0.3) is 0 Å². The molecule has 1 fully saturated rings. The van der Waals surface area contributed by atoms with Crippen molar-refractivity contribution < 1.29 is 4.79 Å². The van der Waals surface area contributed by atoms with E-state index in [9.17, 15) is 4.79 Å². The first-order valence-electron chi connectivity index (χ1n) is 8.05. The van der Waals surface area contributed by atoms with Gasteiger partial charge in [0, 0.05) is 33.2 Å². The summed E-state index contributed by atoms with van der Waals surface area (Å²) in [4.78, 5) is 16.9. The normalized spacial score (nSPS) is 19.7. The molecule has 21 heavy (non-hydrogen) atoms. The molecule has 1 aliphatic rings. The standard InChI is InChI=1S/C16H28N4O/c1-5-20(6-2)16(21)14-8-7-9-19(11-14)12-15-13(3)10-17-18(15)4/h10,14H,5-9,11-12H2,1-4H3/t14-/m0/s1. The number of carbonyl (C=O) groups excluding carboxylic acids is 1. The zero-order chi connectivity index (χ0) is 15.4. The minimum absolute atomic E-state index is 0.159. The third kappa shape index (κ3) is 3.64. The molecule has 0 bridgehead atoms. The van der Waals surface area contributed by atoms with Gasteiger partial charge in [-0.15, -0.1) is 0 Å². The lowest BCUT2D eigenvalue weighted by molar-refractivity contribution is -0.137. The summed E-state index contributed by atoms with van der Waals surface area (Å²) in [6.45, 7) is 10.7. The molecule has 0 saturated carbocycles. The van der Waals surface area contributed by atoms with Crippen LogP contribution in [0.25, 0.3) is 0 Å². The van der Waals surface area contributed by atoms with Crippen LogP contribution >= 0.6 is 0 Å². The molecule has 5 heteroatoms. The maximum absolute atomic E-state index is 12.5. The molecule has 1 amide bonds. The van der Waals surface area contributed by atoms with Crippen molar-refractivity contribution in [3.05, 3.63) is 17.5 Å². The van der Waals surface area contributed by atoms with Crippen molar-refractivity contribution >= 4 is 5.91 Å². The van der Waals surface area contributed by atoms with E-state index in [0.29, 0.717) is 5.91 Å². The summed E-state index contributed by atoms with van der Waals surface area (Å²) in [7, 11) is 1.99. The highest BCUT2D eigenvalue weighted by atomic mass is 16.2. The van der Waals surface area contributed by atoms with Crippen molar-refractivity contribution in [1.29, 1.82) is 0 Å². The topological polar surface area (TPSA) is 41.4 Å². The van der Waals surface area contributed by atoms with Gasteiger partial charge < -0.3 is 4.90 Å². The lowest BCUT2D eigenvalue weighted by Crippen LogP contribution is -2.44. The van der Waals surface area contributed by atoms with E-state index in [1.165, 1.54) is 11.3 Å². The van der Waals surface area contributed by atoms with Crippen LogP contribution in [0.15, 0.2) is 6.20 Å². The van der Waals surface area contributed by atoms with Gasteiger partial charge in [0.05, 0.1) is 17.8 Å². The Hall–Kier alpha value is -1.36. The predicted octanol–water partition coefficient (Wildman–Crippen LogP) is 1.81. The Morgan fingerprint density at radius 2 is 2.14 bits per heavy atom. The fourth-order valence-electron chi connectivity index (χ4n) is 3.21. The molecule has 2 heterocycles. The van der Waals surface area contributed by atoms with Gasteiger partial charge in [0.1, 0.15) is 0 Å². The number of piperidine rings is 1. The largest absolute Gasteiger partial charge is 0.343 e. The van der Waals surface area contributed by atoms with Crippen LogP contribution in [0, 0.1) is 12.8 Å². The van der Waals surface area contributed by atoms with E-state index < -0.39 is 0 Å². The molecule has 2 rings (SSSR count). The zero-order valence-electron chi connectivity index (χ0n) is 13.8. The number of hydrogen-bond acceptors (Lipinski definition) is 3. The molecule has 118 valence electrons. The van der Waals surface area contributed by atoms with E-state index in [4.69, 9.17) is 0 Å². The first kappa shape index (κ1) is 16.0. The highest BCUT2D eigenvalue weighted by Crippen LogP contribution is 2.21. The fraction of sp³-hybridized carbons (Fsp3) is 0.750. The minimum Gasteiger partial charge on any atom is -0.343 e. The Labute approximate surface area is 127 Å². The lowest BCUT2D eigenvalue weighted by atomic mass is 9.96. The first-order valence-corrected chi connectivity index (χ1v) is 8.05. The van der Waals surface area contributed by atoms with E-state index in [2.05, 4.69) is 30.8 Å². The van der Waals surface area contributed by atoms with Crippen LogP contribution < -0.4 is 0 Å². The molecule has 0 aliphatic carbocycles. The van der Waals surface area contributed by atoms with E-state index in [0.717, 1.165) is 45.6 Å². The van der Waals surface area contributed by atoms with Gasteiger partial charge in [-0.2, -0.15) is 5.10 Å². The molecule has 5 nitrogen and oxygen atoms in total. The van der Waals surface area contributed by atoms with Gasteiger partial charge in [-0.1, -0.05) is 0 Å². The summed E-state index contributed by atoms with van der Waals surface area (Å²) in [6, 6.07) is 0. The second-order valence-electron chi connectivity index (χ2n) is 5.98. The number of aryl methyl sites for hydroxylation is 2. The van der Waals surface area contributed by atoms with Gasteiger partial charge in [0.2, 0.25) is 5.91 Å². The van der Waals surface area contributed by atoms with Gasteiger partial charge in [0.15, 0.2) is 0 Å². The molecule has 1 aromatic rings. The second kappa shape index (κ2) is 7.07. The quantitative estimate of drug-likeness (QED) is 0.831. The van der Waals surface area contributed by atoms with Gasteiger partial charge in [-0.05, 0) is 45.7 Å². The zero-order valence-corrected chi connectivity index (χ0v) is 13.8. The predicted molar refractivity (Wildman–Crippen MR) is 83.9 cm³/mol. The average Bonchev–Trinajstić information content (AvgIpc) is 2.80. The van der Waals surface area contributed by atoms with E-state index in [-0.39, 0.29) is 5.92 Å². The van der Waals surface area contributed by atoms with Crippen LogP contribution in [0.4, 0.5) is 0 Å². The van der Waals surface area contributed by atoms with Gasteiger partial charge >= 0.3 is 0 Å². The number of nitrogens with zero attached hydrogens (tertiary/aromatic N) is 4. The molecular weight excluding hydrogens is 264 g/mol. The van der Waals surface area contributed by atoms with Crippen LogP contribution in [-0.4, -0.2) is 51.7 Å². The summed E-state index contributed by atoms with van der Waals surface area (Å²) >= 11 is 0. The molecule has 0 radical (unpaired) electrons. The summed E-state index contributed by atoms with van der Waals surface area (Å²) in [5.74, 6) is 0.485. The van der Waals surface area contributed by atoms with Crippen molar-refractivity contribution in [2.75, 3.05) is 26.2 Å². The SMILES string of the molecule is CCN(CC)C(=O)[C@H]1CCCN(Cc2c(C)cnn2C)C1. The molecule has 0 unspecified atom stereocenters.